The zero-order valence-corrected chi connectivity index (χ0v) is 13.1. The number of carboxylic acid groups (broad SMARTS) is 1. The van der Waals surface area contributed by atoms with Crippen molar-refractivity contribution in [3.8, 4) is 0 Å². The molecule has 0 aliphatic heterocycles. The summed E-state index contributed by atoms with van der Waals surface area (Å²) in [5, 5.41) is 9.22. The van der Waals surface area contributed by atoms with Crippen molar-refractivity contribution in [3.63, 3.8) is 0 Å². The first-order chi connectivity index (χ1) is 9.19. The Morgan fingerprint density at radius 3 is 2.55 bits per heavy atom. The van der Waals surface area contributed by atoms with E-state index in [-0.39, 0.29) is 15.8 Å². The summed E-state index contributed by atoms with van der Waals surface area (Å²) in [5.74, 6) is -1.53. The minimum Gasteiger partial charge on any atom is -0.480 e. The lowest BCUT2D eigenvalue weighted by molar-refractivity contribution is -0.140. The summed E-state index contributed by atoms with van der Waals surface area (Å²) in [4.78, 5) is 11.1. The number of carboxylic acids is 1. The van der Waals surface area contributed by atoms with Crippen LogP contribution < -0.4 is 4.72 Å². The maximum Gasteiger partial charge on any atom is 0.322 e. The van der Waals surface area contributed by atoms with Gasteiger partial charge in [0.2, 0.25) is 10.0 Å². The number of hydrogen-bond donors (Lipinski definition) is 2. The van der Waals surface area contributed by atoms with Gasteiger partial charge in [-0.15, -0.1) is 0 Å². The Morgan fingerprint density at radius 2 is 2.05 bits per heavy atom. The van der Waals surface area contributed by atoms with Crippen molar-refractivity contribution in [1.29, 1.82) is 0 Å². The van der Waals surface area contributed by atoms with Gasteiger partial charge >= 0.3 is 5.97 Å². The van der Waals surface area contributed by atoms with Gasteiger partial charge in [-0.3, -0.25) is 4.79 Å². The van der Waals surface area contributed by atoms with Crippen molar-refractivity contribution in [3.05, 3.63) is 28.8 Å². The van der Waals surface area contributed by atoms with Crippen LogP contribution in [0, 0.1) is 12.8 Å². The van der Waals surface area contributed by atoms with Gasteiger partial charge in [-0.25, -0.2) is 8.42 Å². The van der Waals surface area contributed by atoms with E-state index in [1.807, 2.05) is 0 Å². The van der Waals surface area contributed by atoms with Crippen molar-refractivity contribution < 1.29 is 18.3 Å². The molecule has 7 heteroatoms. The van der Waals surface area contributed by atoms with E-state index in [0.29, 0.717) is 6.42 Å². The summed E-state index contributed by atoms with van der Waals surface area (Å²) in [5.41, 5.74) is 0.727. The number of hydrogen-bond acceptors (Lipinski definition) is 3. The molecule has 1 rings (SSSR count). The van der Waals surface area contributed by atoms with Gasteiger partial charge < -0.3 is 5.11 Å². The van der Waals surface area contributed by atoms with Crippen LogP contribution >= 0.6 is 11.6 Å². The summed E-state index contributed by atoms with van der Waals surface area (Å²) >= 11 is 5.89. The van der Waals surface area contributed by atoms with Crippen molar-refractivity contribution in [2.75, 3.05) is 0 Å². The largest absolute Gasteiger partial charge is 0.480 e. The Labute approximate surface area is 124 Å². The van der Waals surface area contributed by atoms with Crippen LogP contribution in [0.25, 0.3) is 0 Å². The summed E-state index contributed by atoms with van der Waals surface area (Å²) in [6.07, 6.45) is 0.543. The average molecular weight is 320 g/mol. The number of carbonyl (C=O) groups is 1. The summed E-state index contributed by atoms with van der Waals surface area (Å²) in [6.45, 7) is 5.21. The SMILES string of the molecule is CC[C@H](C)[C@H](NS(=O)(=O)c1cc(C)ccc1Cl)C(=O)O. The Balaban J connectivity index is 3.16. The molecule has 0 radical (unpaired) electrons. The van der Waals surface area contributed by atoms with E-state index >= 15 is 0 Å². The Kier molecular flexibility index (Phi) is 5.56. The van der Waals surface area contributed by atoms with Gasteiger partial charge in [0.1, 0.15) is 10.9 Å². The second-order valence-electron chi connectivity index (χ2n) is 4.76. The first-order valence-corrected chi connectivity index (χ1v) is 8.06. The average Bonchev–Trinajstić information content (AvgIpc) is 2.37. The fourth-order valence-corrected chi connectivity index (χ4v) is 3.58. The van der Waals surface area contributed by atoms with Gasteiger partial charge in [-0.05, 0) is 30.5 Å². The number of nitrogens with one attached hydrogen (secondary N) is 1. The molecule has 0 amide bonds. The van der Waals surface area contributed by atoms with E-state index < -0.39 is 22.0 Å². The van der Waals surface area contributed by atoms with Crippen LogP contribution in [0.5, 0.6) is 0 Å². The van der Waals surface area contributed by atoms with Gasteiger partial charge in [-0.2, -0.15) is 4.72 Å². The zero-order chi connectivity index (χ0) is 15.5. The van der Waals surface area contributed by atoms with Gasteiger partial charge in [0.15, 0.2) is 0 Å². The molecule has 112 valence electrons. The maximum absolute atomic E-state index is 12.3. The smallest absolute Gasteiger partial charge is 0.322 e. The molecule has 0 aliphatic rings. The van der Waals surface area contributed by atoms with Crippen LogP contribution in [0.4, 0.5) is 0 Å². The van der Waals surface area contributed by atoms with Gasteiger partial charge in [0, 0.05) is 0 Å². The minimum atomic E-state index is -3.98. The minimum absolute atomic E-state index is 0.0661. The number of aryl methyl sites for hydroxylation is 1. The third kappa shape index (κ3) is 3.94. The predicted octanol–water partition coefficient (Wildman–Crippen LogP) is 2.43. The van der Waals surface area contributed by atoms with Crippen LogP contribution in [0.15, 0.2) is 23.1 Å². The predicted molar refractivity (Wildman–Crippen MR) is 77.4 cm³/mol. The Morgan fingerprint density at radius 1 is 1.45 bits per heavy atom. The standard InChI is InChI=1S/C13H18ClNO4S/c1-4-9(3)12(13(16)17)15-20(18,19)11-7-8(2)5-6-10(11)14/h5-7,9,12,15H,4H2,1-3H3,(H,16,17)/t9-,12-/m0/s1. The molecule has 2 N–H and O–H groups in total. The molecule has 5 nitrogen and oxygen atoms in total. The summed E-state index contributed by atoms with van der Waals surface area (Å²) in [6, 6.07) is 3.40. The monoisotopic (exact) mass is 319 g/mol. The lowest BCUT2D eigenvalue weighted by atomic mass is 10.0. The van der Waals surface area contributed by atoms with Crippen LogP contribution in [0.1, 0.15) is 25.8 Å². The van der Waals surface area contributed by atoms with E-state index in [4.69, 9.17) is 16.7 Å². The van der Waals surface area contributed by atoms with Crippen LogP contribution in [-0.4, -0.2) is 25.5 Å². The molecule has 0 spiro atoms. The quantitative estimate of drug-likeness (QED) is 0.843. The molecule has 0 saturated carbocycles. The molecule has 0 aliphatic carbocycles. The van der Waals surface area contributed by atoms with Gasteiger partial charge in [0.05, 0.1) is 5.02 Å². The van der Waals surface area contributed by atoms with Gasteiger partial charge in [-0.1, -0.05) is 37.9 Å². The maximum atomic E-state index is 12.3. The highest BCUT2D eigenvalue weighted by Gasteiger charge is 2.30. The Bertz CT molecular complexity index is 600. The third-order valence-corrected chi connectivity index (χ3v) is 5.06. The fraction of sp³-hybridized carbons (Fsp3) is 0.462. The van der Waals surface area contributed by atoms with E-state index in [1.54, 1.807) is 26.8 Å². The number of benzene rings is 1. The molecule has 0 unspecified atom stereocenters. The molecule has 0 heterocycles. The summed E-state index contributed by atoms with van der Waals surface area (Å²) < 4.78 is 26.8. The first kappa shape index (κ1) is 16.9. The topological polar surface area (TPSA) is 83.5 Å². The molecule has 2 atom stereocenters. The third-order valence-electron chi connectivity index (χ3n) is 3.14. The fourth-order valence-electron chi connectivity index (χ4n) is 1.69. The Hall–Kier alpha value is -1.11. The number of halogens is 1. The van der Waals surface area contributed by atoms with Crippen molar-refractivity contribution in [2.24, 2.45) is 5.92 Å². The first-order valence-electron chi connectivity index (χ1n) is 6.20. The van der Waals surface area contributed by atoms with Crippen LogP contribution in [0.3, 0.4) is 0 Å². The van der Waals surface area contributed by atoms with Crippen LogP contribution in [-0.2, 0) is 14.8 Å². The highest BCUT2D eigenvalue weighted by atomic mass is 35.5. The van der Waals surface area contributed by atoms with Crippen LogP contribution in [0.2, 0.25) is 5.02 Å². The second kappa shape index (κ2) is 6.56. The van der Waals surface area contributed by atoms with E-state index in [2.05, 4.69) is 4.72 Å². The molecule has 1 aromatic rings. The normalized spacial score (nSPS) is 14.8. The lowest BCUT2D eigenvalue weighted by Crippen LogP contribution is -2.44. The molecule has 0 saturated heterocycles. The van der Waals surface area contributed by atoms with Crippen molar-refractivity contribution in [1.82, 2.24) is 4.72 Å². The summed E-state index contributed by atoms with van der Waals surface area (Å²) in [7, 11) is -3.98. The highest BCUT2D eigenvalue weighted by molar-refractivity contribution is 7.89. The van der Waals surface area contributed by atoms with Gasteiger partial charge in [0.25, 0.3) is 0 Å². The lowest BCUT2D eigenvalue weighted by Gasteiger charge is -2.20. The second-order valence-corrected chi connectivity index (χ2v) is 6.85. The van der Waals surface area contributed by atoms with E-state index in [0.717, 1.165) is 5.56 Å². The zero-order valence-electron chi connectivity index (χ0n) is 11.6. The molecular weight excluding hydrogens is 302 g/mol. The molecule has 0 aromatic heterocycles. The molecule has 0 fully saturated rings. The molecular formula is C13H18ClNO4S. The molecule has 0 bridgehead atoms. The van der Waals surface area contributed by atoms with E-state index in [1.165, 1.54) is 12.1 Å². The molecule has 20 heavy (non-hydrogen) atoms. The van der Waals surface area contributed by atoms with Crippen molar-refractivity contribution in [2.45, 2.75) is 38.1 Å². The van der Waals surface area contributed by atoms with Crippen molar-refractivity contribution >= 4 is 27.6 Å². The van der Waals surface area contributed by atoms with E-state index in [9.17, 15) is 13.2 Å². The number of sulfonamides is 1. The highest BCUT2D eigenvalue weighted by Crippen LogP contribution is 2.23. The molecule has 1 aromatic carbocycles. The number of aliphatic carboxylic acids is 1. The number of rotatable bonds is 6.